The molecule has 0 aromatic heterocycles. The van der Waals surface area contributed by atoms with Crippen molar-refractivity contribution < 1.29 is 9.53 Å². The van der Waals surface area contributed by atoms with Crippen LogP contribution in [0, 0.1) is 0 Å². The van der Waals surface area contributed by atoms with Crippen molar-refractivity contribution >= 4 is 5.97 Å². The van der Waals surface area contributed by atoms with Gasteiger partial charge >= 0.3 is 5.97 Å². The molecule has 4 rings (SSSR count). The van der Waals surface area contributed by atoms with Gasteiger partial charge in [0.1, 0.15) is 12.0 Å². The first-order valence-electron chi connectivity index (χ1n) is 9.74. The molecule has 0 N–H and O–H groups in total. The monoisotopic (exact) mass is 349 g/mol. The summed E-state index contributed by atoms with van der Waals surface area (Å²) in [6, 6.07) is 16.9. The third kappa shape index (κ3) is 3.16. The van der Waals surface area contributed by atoms with Gasteiger partial charge in [-0.05, 0) is 62.0 Å². The Morgan fingerprint density at radius 2 is 1.69 bits per heavy atom. The van der Waals surface area contributed by atoms with Gasteiger partial charge in [-0.1, -0.05) is 55.0 Å². The molecule has 2 aromatic rings. The molecule has 2 aromatic carbocycles. The Morgan fingerprint density at radius 1 is 1.08 bits per heavy atom. The van der Waals surface area contributed by atoms with Crippen molar-refractivity contribution in [2.75, 3.05) is 13.6 Å². The number of piperidine rings is 1. The molecule has 1 aliphatic carbocycles. The molecular weight excluding hydrogens is 322 g/mol. The minimum atomic E-state index is -0.297. The van der Waals surface area contributed by atoms with Crippen molar-refractivity contribution in [2.24, 2.45) is 0 Å². The van der Waals surface area contributed by atoms with Gasteiger partial charge in [0.2, 0.25) is 0 Å². The normalized spacial score (nSPS) is 21.1. The summed E-state index contributed by atoms with van der Waals surface area (Å²) in [7, 11) is 2.18. The average Bonchev–Trinajstić information content (AvgIpc) is 2.98. The van der Waals surface area contributed by atoms with E-state index in [1.165, 1.54) is 19.3 Å². The summed E-state index contributed by atoms with van der Waals surface area (Å²) in [6.07, 6.45) is 4.61. The van der Waals surface area contributed by atoms with Gasteiger partial charge in [-0.25, -0.2) is 0 Å². The first-order chi connectivity index (χ1) is 12.6. The number of ether oxygens (including phenoxy) is 1. The topological polar surface area (TPSA) is 29.5 Å². The number of rotatable bonds is 4. The first-order valence-corrected chi connectivity index (χ1v) is 9.74. The molecule has 1 heterocycles. The Bertz CT molecular complexity index is 755. The lowest BCUT2D eigenvalue weighted by Gasteiger charge is -2.34. The summed E-state index contributed by atoms with van der Waals surface area (Å²) in [5.41, 5.74) is 4.45. The maximum Gasteiger partial charge on any atom is 0.318 e. The number of carbonyl (C=O) groups excluding carboxylic acids is 1. The molecule has 1 saturated heterocycles. The summed E-state index contributed by atoms with van der Waals surface area (Å²) in [6.45, 7) is 3.18. The van der Waals surface area contributed by atoms with E-state index in [0.29, 0.717) is 6.04 Å². The van der Waals surface area contributed by atoms with Crippen LogP contribution in [0.2, 0.25) is 0 Å². The smallest absolute Gasteiger partial charge is 0.318 e. The Kier molecular flexibility index (Phi) is 4.82. The minimum absolute atomic E-state index is 0.0621. The molecule has 26 heavy (non-hydrogen) atoms. The van der Waals surface area contributed by atoms with Crippen LogP contribution in [0.15, 0.2) is 48.5 Å². The summed E-state index contributed by atoms with van der Waals surface area (Å²) in [4.78, 5) is 15.5. The maximum atomic E-state index is 13.1. The van der Waals surface area contributed by atoms with Crippen molar-refractivity contribution in [1.82, 2.24) is 4.90 Å². The second kappa shape index (κ2) is 7.24. The van der Waals surface area contributed by atoms with Crippen molar-refractivity contribution in [3.8, 4) is 11.1 Å². The van der Waals surface area contributed by atoms with E-state index < -0.39 is 0 Å². The molecule has 1 fully saturated rings. The third-order valence-corrected chi connectivity index (χ3v) is 5.91. The van der Waals surface area contributed by atoms with E-state index in [4.69, 9.17) is 4.74 Å². The number of hydrogen-bond donors (Lipinski definition) is 0. The van der Waals surface area contributed by atoms with Gasteiger partial charge in [0.05, 0.1) is 0 Å². The highest BCUT2D eigenvalue weighted by Gasteiger charge is 2.35. The van der Waals surface area contributed by atoms with Crippen LogP contribution in [-0.4, -0.2) is 36.6 Å². The van der Waals surface area contributed by atoms with Gasteiger partial charge in [0, 0.05) is 6.04 Å². The maximum absolute atomic E-state index is 13.1. The van der Waals surface area contributed by atoms with Crippen LogP contribution in [0.1, 0.15) is 49.7 Å². The minimum Gasteiger partial charge on any atom is -0.462 e. The van der Waals surface area contributed by atoms with Crippen LogP contribution < -0.4 is 0 Å². The largest absolute Gasteiger partial charge is 0.462 e. The van der Waals surface area contributed by atoms with E-state index in [9.17, 15) is 4.79 Å². The molecule has 0 amide bonds. The molecule has 2 aliphatic rings. The molecule has 136 valence electrons. The Balaban J connectivity index is 1.51. The second-order valence-electron chi connectivity index (χ2n) is 7.72. The highest BCUT2D eigenvalue weighted by Crippen LogP contribution is 2.45. The van der Waals surface area contributed by atoms with E-state index in [1.54, 1.807) is 0 Å². The average molecular weight is 349 g/mol. The lowest BCUT2D eigenvalue weighted by molar-refractivity contribution is -0.149. The van der Waals surface area contributed by atoms with E-state index in [1.807, 2.05) is 31.2 Å². The van der Waals surface area contributed by atoms with Gasteiger partial charge < -0.3 is 9.64 Å². The molecule has 1 aliphatic heterocycles. The fourth-order valence-electron chi connectivity index (χ4n) is 4.55. The van der Waals surface area contributed by atoms with E-state index >= 15 is 0 Å². The number of esters is 1. The molecule has 0 saturated carbocycles. The van der Waals surface area contributed by atoms with Crippen LogP contribution in [-0.2, 0) is 9.53 Å². The zero-order valence-corrected chi connectivity index (χ0v) is 15.7. The van der Waals surface area contributed by atoms with Crippen molar-refractivity contribution in [2.45, 2.75) is 50.7 Å². The summed E-state index contributed by atoms with van der Waals surface area (Å²) >= 11 is 0. The van der Waals surface area contributed by atoms with Crippen molar-refractivity contribution in [3.63, 3.8) is 0 Å². The second-order valence-corrected chi connectivity index (χ2v) is 7.72. The van der Waals surface area contributed by atoms with Gasteiger partial charge in [0.25, 0.3) is 0 Å². The van der Waals surface area contributed by atoms with Crippen LogP contribution in [0.4, 0.5) is 0 Å². The highest BCUT2D eigenvalue weighted by atomic mass is 16.5. The standard InChI is InChI=1S/C23H27NO2/c1-16(15-17-9-7-8-14-24(17)2)26-23(25)22-20-12-5-3-10-18(20)19-11-4-6-13-21(19)22/h3-6,10-13,16-17,22H,7-9,14-15H2,1-2H3. The van der Waals surface area contributed by atoms with Crippen LogP contribution in [0.3, 0.4) is 0 Å². The molecular formula is C23H27NO2. The lowest BCUT2D eigenvalue weighted by atomic mass is 9.96. The fraction of sp³-hybridized carbons (Fsp3) is 0.435. The molecule has 0 radical (unpaired) electrons. The Morgan fingerprint density at radius 3 is 2.31 bits per heavy atom. The van der Waals surface area contributed by atoms with Crippen molar-refractivity contribution in [3.05, 3.63) is 59.7 Å². The van der Waals surface area contributed by atoms with Crippen molar-refractivity contribution in [1.29, 1.82) is 0 Å². The van der Waals surface area contributed by atoms with E-state index in [2.05, 4.69) is 36.2 Å². The van der Waals surface area contributed by atoms with E-state index in [0.717, 1.165) is 35.2 Å². The summed E-state index contributed by atoms with van der Waals surface area (Å²) in [5.74, 6) is -0.415. The molecule has 3 nitrogen and oxygen atoms in total. The highest BCUT2D eigenvalue weighted by molar-refractivity contribution is 5.93. The number of nitrogens with zero attached hydrogens (tertiary/aromatic N) is 1. The van der Waals surface area contributed by atoms with Crippen LogP contribution in [0.25, 0.3) is 11.1 Å². The number of hydrogen-bond acceptors (Lipinski definition) is 3. The number of benzene rings is 2. The van der Waals surface area contributed by atoms with Gasteiger partial charge in [-0.3, -0.25) is 4.79 Å². The van der Waals surface area contributed by atoms with Gasteiger partial charge in [0.15, 0.2) is 0 Å². The zero-order chi connectivity index (χ0) is 18.1. The molecule has 3 heteroatoms. The molecule has 2 atom stereocenters. The number of likely N-dealkylation sites (tertiary alicyclic amines) is 1. The lowest BCUT2D eigenvalue weighted by Crippen LogP contribution is -2.39. The Labute approximate surface area is 156 Å². The summed E-state index contributed by atoms with van der Waals surface area (Å²) in [5, 5.41) is 0. The number of carbonyl (C=O) groups is 1. The first kappa shape index (κ1) is 17.3. The zero-order valence-electron chi connectivity index (χ0n) is 15.7. The van der Waals surface area contributed by atoms with E-state index in [-0.39, 0.29) is 18.0 Å². The molecule has 0 spiro atoms. The molecule has 2 unspecified atom stereocenters. The Hall–Kier alpha value is -2.13. The quantitative estimate of drug-likeness (QED) is 0.755. The number of fused-ring (bicyclic) bond motifs is 3. The fourth-order valence-corrected chi connectivity index (χ4v) is 4.55. The molecule has 0 bridgehead atoms. The van der Waals surface area contributed by atoms with Gasteiger partial charge in [-0.2, -0.15) is 0 Å². The van der Waals surface area contributed by atoms with Gasteiger partial charge in [-0.15, -0.1) is 0 Å². The SMILES string of the molecule is CC(CC1CCCCN1C)OC(=O)C1c2ccccc2-c2ccccc21. The summed E-state index contributed by atoms with van der Waals surface area (Å²) < 4.78 is 5.93. The third-order valence-electron chi connectivity index (χ3n) is 5.91. The van der Waals surface area contributed by atoms with Crippen LogP contribution in [0.5, 0.6) is 0 Å². The van der Waals surface area contributed by atoms with Crippen LogP contribution >= 0.6 is 0 Å². The predicted molar refractivity (Wildman–Crippen MR) is 104 cm³/mol. The predicted octanol–water partition coefficient (Wildman–Crippen LogP) is 4.61.